The molecular formula is C18H16N4. The van der Waals surface area contributed by atoms with Gasteiger partial charge in [0.15, 0.2) is 11.7 Å². The summed E-state index contributed by atoms with van der Waals surface area (Å²) >= 11 is 0. The Bertz CT molecular complexity index is 735. The summed E-state index contributed by atoms with van der Waals surface area (Å²) in [7, 11) is 0. The second-order valence-corrected chi connectivity index (χ2v) is 5.42. The van der Waals surface area contributed by atoms with Crippen molar-refractivity contribution in [2.45, 2.75) is 12.8 Å². The lowest BCUT2D eigenvalue weighted by Crippen LogP contribution is -2.13. The molecule has 4 nitrogen and oxygen atoms in total. The zero-order valence-corrected chi connectivity index (χ0v) is 12.2. The first-order chi connectivity index (χ1) is 10.9. The maximum absolute atomic E-state index is 4.51. The van der Waals surface area contributed by atoms with Gasteiger partial charge in [0.05, 0.1) is 0 Å². The molecule has 0 unspecified atom stereocenters. The summed E-state index contributed by atoms with van der Waals surface area (Å²) in [6.45, 7) is 1.54. The van der Waals surface area contributed by atoms with Crippen molar-refractivity contribution in [3.05, 3.63) is 70.8 Å². The van der Waals surface area contributed by atoms with Gasteiger partial charge in [-0.15, -0.1) is 10.2 Å². The van der Waals surface area contributed by atoms with Crippen LogP contribution in [0.25, 0.3) is 0 Å². The summed E-state index contributed by atoms with van der Waals surface area (Å²) < 4.78 is 0. The molecule has 0 bridgehead atoms. The third kappa shape index (κ3) is 2.37. The lowest BCUT2D eigenvalue weighted by molar-refractivity contribution is 0.925. The van der Waals surface area contributed by atoms with Gasteiger partial charge < -0.3 is 0 Å². The van der Waals surface area contributed by atoms with Gasteiger partial charge in [-0.05, 0) is 24.0 Å². The molecule has 0 saturated carbocycles. The predicted molar refractivity (Wildman–Crippen MR) is 88.0 cm³/mol. The first-order valence-corrected chi connectivity index (χ1v) is 7.59. The minimum Gasteiger partial charge on any atom is -0.264 e. The van der Waals surface area contributed by atoms with Crippen LogP contribution in [0.1, 0.15) is 22.3 Å². The van der Waals surface area contributed by atoms with E-state index < -0.39 is 0 Å². The maximum atomic E-state index is 4.51. The van der Waals surface area contributed by atoms with E-state index in [4.69, 9.17) is 0 Å². The Balaban J connectivity index is 1.66. The molecule has 22 heavy (non-hydrogen) atoms. The minimum atomic E-state index is 0.715. The number of rotatable bonds is 0. The van der Waals surface area contributed by atoms with E-state index in [2.05, 4.69) is 56.6 Å². The van der Waals surface area contributed by atoms with Crippen LogP contribution in [0.15, 0.2) is 68.7 Å². The average Bonchev–Trinajstić information content (AvgIpc) is 2.60. The van der Waals surface area contributed by atoms with Crippen molar-refractivity contribution in [3.63, 3.8) is 0 Å². The molecule has 0 fully saturated rings. The second kappa shape index (κ2) is 5.64. The molecule has 4 rings (SSSR count). The molecule has 0 amide bonds. The van der Waals surface area contributed by atoms with Crippen LogP contribution in [0, 0.1) is 0 Å². The van der Waals surface area contributed by atoms with E-state index >= 15 is 0 Å². The van der Waals surface area contributed by atoms with E-state index in [1.54, 1.807) is 0 Å². The van der Waals surface area contributed by atoms with Crippen LogP contribution in [-0.4, -0.2) is 24.8 Å². The van der Waals surface area contributed by atoms with E-state index in [0.29, 0.717) is 11.7 Å². The highest BCUT2D eigenvalue weighted by Gasteiger charge is 2.15. The molecule has 2 aromatic carbocycles. The number of hydrogen-bond acceptors (Lipinski definition) is 4. The number of azo groups is 1. The molecule has 0 N–H and O–H groups in total. The van der Waals surface area contributed by atoms with Crippen molar-refractivity contribution in [2.75, 3.05) is 13.1 Å². The van der Waals surface area contributed by atoms with Crippen molar-refractivity contribution in [1.82, 2.24) is 0 Å². The lowest BCUT2D eigenvalue weighted by Gasteiger charge is -2.14. The molecule has 0 aliphatic carbocycles. The minimum absolute atomic E-state index is 0.715. The summed E-state index contributed by atoms with van der Waals surface area (Å²) in [5.41, 5.74) is 4.75. The van der Waals surface area contributed by atoms with Gasteiger partial charge in [0.2, 0.25) is 0 Å². The molecule has 4 heteroatoms. The van der Waals surface area contributed by atoms with Crippen molar-refractivity contribution in [1.29, 1.82) is 0 Å². The third-order valence-electron chi connectivity index (χ3n) is 4.04. The highest BCUT2D eigenvalue weighted by Crippen LogP contribution is 2.19. The van der Waals surface area contributed by atoms with E-state index in [1.165, 1.54) is 11.1 Å². The fourth-order valence-electron chi connectivity index (χ4n) is 2.91. The van der Waals surface area contributed by atoms with E-state index in [9.17, 15) is 0 Å². The highest BCUT2D eigenvalue weighted by atomic mass is 15.2. The van der Waals surface area contributed by atoms with Gasteiger partial charge in [0, 0.05) is 24.2 Å². The molecule has 0 spiro atoms. The SMILES string of the molecule is c1ccc2c(c1)CCN=C2N=NC1=NCCc2ccccc21. The highest BCUT2D eigenvalue weighted by molar-refractivity contribution is 6.05. The standard InChI is InChI=1S/C18H16N4/c1-3-7-15-13(5-1)9-11-19-17(15)21-22-18-16-8-4-2-6-14(16)10-12-20-18/h1-8H,9-12H2. The summed E-state index contributed by atoms with van der Waals surface area (Å²) in [5, 5.41) is 8.78. The normalized spacial score (nSPS) is 16.7. The van der Waals surface area contributed by atoms with Crippen LogP contribution in [0.4, 0.5) is 0 Å². The Morgan fingerprint density at radius 2 is 1.09 bits per heavy atom. The summed E-state index contributed by atoms with van der Waals surface area (Å²) in [5.74, 6) is 1.43. The van der Waals surface area contributed by atoms with Gasteiger partial charge in [-0.2, -0.15) is 0 Å². The first kappa shape index (κ1) is 13.1. The first-order valence-electron chi connectivity index (χ1n) is 7.59. The number of amidine groups is 2. The molecule has 0 saturated heterocycles. The Kier molecular flexibility index (Phi) is 3.35. The lowest BCUT2D eigenvalue weighted by atomic mass is 10.0. The largest absolute Gasteiger partial charge is 0.264 e. The summed E-state index contributed by atoms with van der Waals surface area (Å²) in [4.78, 5) is 9.02. The molecule has 2 aliphatic heterocycles. The topological polar surface area (TPSA) is 49.4 Å². The number of fused-ring (bicyclic) bond motifs is 2. The number of hydrogen-bond donors (Lipinski definition) is 0. The smallest absolute Gasteiger partial charge is 0.177 e. The Morgan fingerprint density at radius 1 is 0.636 bits per heavy atom. The molecule has 0 aromatic heterocycles. The Labute approximate surface area is 129 Å². The van der Waals surface area contributed by atoms with E-state index in [-0.39, 0.29) is 0 Å². The second-order valence-electron chi connectivity index (χ2n) is 5.42. The average molecular weight is 288 g/mol. The van der Waals surface area contributed by atoms with Gasteiger partial charge in [-0.25, -0.2) is 0 Å². The van der Waals surface area contributed by atoms with Gasteiger partial charge in [0.1, 0.15) is 0 Å². The van der Waals surface area contributed by atoms with E-state index in [0.717, 1.165) is 37.1 Å². The maximum Gasteiger partial charge on any atom is 0.177 e. The van der Waals surface area contributed by atoms with Gasteiger partial charge in [0.25, 0.3) is 0 Å². The number of nitrogens with zero attached hydrogens (tertiary/aromatic N) is 4. The fourth-order valence-corrected chi connectivity index (χ4v) is 2.91. The molecule has 2 heterocycles. The van der Waals surface area contributed by atoms with Crippen LogP contribution in [0.3, 0.4) is 0 Å². The number of benzene rings is 2. The fraction of sp³-hybridized carbons (Fsp3) is 0.222. The monoisotopic (exact) mass is 288 g/mol. The Morgan fingerprint density at radius 3 is 1.59 bits per heavy atom. The molecule has 0 atom stereocenters. The van der Waals surface area contributed by atoms with Crippen molar-refractivity contribution < 1.29 is 0 Å². The zero-order chi connectivity index (χ0) is 14.8. The summed E-state index contributed by atoms with van der Waals surface area (Å²) in [6.07, 6.45) is 1.94. The van der Waals surface area contributed by atoms with E-state index in [1.807, 2.05) is 12.1 Å². The molecule has 108 valence electrons. The molecule has 0 radical (unpaired) electrons. The van der Waals surface area contributed by atoms with Crippen LogP contribution in [0.5, 0.6) is 0 Å². The zero-order valence-electron chi connectivity index (χ0n) is 12.2. The summed E-state index contributed by atoms with van der Waals surface area (Å²) in [6, 6.07) is 16.5. The van der Waals surface area contributed by atoms with Crippen LogP contribution in [-0.2, 0) is 12.8 Å². The molecule has 2 aliphatic rings. The molecule has 2 aromatic rings. The van der Waals surface area contributed by atoms with Crippen molar-refractivity contribution >= 4 is 11.7 Å². The van der Waals surface area contributed by atoms with Crippen molar-refractivity contribution in [3.8, 4) is 0 Å². The molecular weight excluding hydrogens is 272 g/mol. The van der Waals surface area contributed by atoms with Gasteiger partial charge in [-0.1, -0.05) is 48.5 Å². The van der Waals surface area contributed by atoms with Crippen molar-refractivity contribution in [2.24, 2.45) is 20.2 Å². The number of aliphatic imine (C=N–C) groups is 2. The predicted octanol–water partition coefficient (Wildman–Crippen LogP) is 3.44. The Hall–Kier alpha value is -2.62. The quantitative estimate of drug-likeness (QED) is 0.667. The van der Waals surface area contributed by atoms with Crippen LogP contribution < -0.4 is 0 Å². The third-order valence-corrected chi connectivity index (χ3v) is 4.04. The van der Waals surface area contributed by atoms with Gasteiger partial charge in [-0.3, -0.25) is 9.98 Å². The van der Waals surface area contributed by atoms with Crippen LogP contribution >= 0.6 is 0 Å². The van der Waals surface area contributed by atoms with Crippen LogP contribution in [0.2, 0.25) is 0 Å². The van der Waals surface area contributed by atoms with Gasteiger partial charge >= 0.3 is 0 Å².